The fourth-order valence-electron chi connectivity index (χ4n) is 2.86. The Morgan fingerprint density at radius 1 is 1.30 bits per heavy atom. The SMILES string of the molecule is CCc1ccc(C(CC)N(CCC(=O)O)C2CC2)cc1. The highest BCUT2D eigenvalue weighted by atomic mass is 16.4. The van der Waals surface area contributed by atoms with Gasteiger partial charge in [0.1, 0.15) is 0 Å². The van der Waals surface area contributed by atoms with E-state index >= 15 is 0 Å². The lowest BCUT2D eigenvalue weighted by Crippen LogP contribution is -2.32. The van der Waals surface area contributed by atoms with Gasteiger partial charge in [-0.2, -0.15) is 0 Å². The van der Waals surface area contributed by atoms with Crippen molar-refractivity contribution in [3.05, 3.63) is 35.4 Å². The van der Waals surface area contributed by atoms with Crippen molar-refractivity contribution in [3.63, 3.8) is 0 Å². The first kappa shape index (κ1) is 15.0. The molecule has 1 saturated carbocycles. The maximum atomic E-state index is 10.9. The average molecular weight is 275 g/mol. The quantitative estimate of drug-likeness (QED) is 0.787. The van der Waals surface area contributed by atoms with E-state index in [0.29, 0.717) is 18.6 Å². The van der Waals surface area contributed by atoms with Crippen LogP contribution < -0.4 is 0 Å². The minimum Gasteiger partial charge on any atom is -0.481 e. The molecule has 1 atom stereocenters. The Kier molecular flexibility index (Phi) is 5.18. The monoisotopic (exact) mass is 275 g/mol. The van der Waals surface area contributed by atoms with Crippen molar-refractivity contribution in [1.29, 1.82) is 0 Å². The molecule has 0 aliphatic heterocycles. The highest BCUT2D eigenvalue weighted by molar-refractivity contribution is 5.66. The van der Waals surface area contributed by atoms with Crippen LogP contribution in [0.1, 0.15) is 56.7 Å². The summed E-state index contributed by atoms with van der Waals surface area (Å²) in [5, 5.41) is 8.93. The number of carbonyl (C=O) groups is 1. The summed E-state index contributed by atoms with van der Waals surface area (Å²) in [5.74, 6) is -0.702. The zero-order valence-electron chi connectivity index (χ0n) is 12.5. The third kappa shape index (κ3) is 3.83. The molecule has 1 unspecified atom stereocenters. The van der Waals surface area contributed by atoms with Crippen molar-refractivity contribution in [2.24, 2.45) is 0 Å². The lowest BCUT2D eigenvalue weighted by Gasteiger charge is -2.31. The van der Waals surface area contributed by atoms with Gasteiger partial charge >= 0.3 is 5.97 Å². The van der Waals surface area contributed by atoms with Crippen molar-refractivity contribution in [3.8, 4) is 0 Å². The van der Waals surface area contributed by atoms with Crippen LogP contribution in [0, 0.1) is 0 Å². The second-order valence-electron chi connectivity index (χ2n) is 5.63. The Hall–Kier alpha value is -1.35. The van der Waals surface area contributed by atoms with E-state index < -0.39 is 5.97 Å². The third-order valence-electron chi connectivity index (χ3n) is 4.16. The molecule has 1 aliphatic rings. The maximum absolute atomic E-state index is 10.9. The Balaban J connectivity index is 2.11. The van der Waals surface area contributed by atoms with Crippen molar-refractivity contribution in [2.45, 2.75) is 58.0 Å². The number of nitrogens with zero attached hydrogens (tertiary/aromatic N) is 1. The van der Waals surface area contributed by atoms with E-state index in [1.165, 1.54) is 24.0 Å². The largest absolute Gasteiger partial charge is 0.481 e. The zero-order valence-corrected chi connectivity index (χ0v) is 12.5. The second-order valence-corrected chi connectivity index (χ2v) is 5.63. The summed E-state index contributed by atoms with van der Waals surface area (Å²) in [6, 6.07) is 9.75. The second kappa shape index (κ2) is 6.89. The molecule has 0 radical (unpaired) electrons. The Labute approximate surface area is 121 Å². The van der Waals surface area contributed by atoms with Gasteiger partial charge in [0.15, 0.2) is 0 Å². The molecule has 0 aromatic heterocycles. The van der Waals surface area contributed by atoms with Gasteiger partial charge in [-0.15, -0.1) is 0 Å². The standard InChI is InChI=1S/C17H25NO2/c1-3-13-5-7-14(8-6-13)16(4-2)18(15-9-10-15)12-11-17(19)20/h5-8,15-16H,3-4,9-12H2,1-2H3,(H,19,20). The molecule has 110 valence electrons. The molecular formula is C17H25NO2. The van der Waals surface area contributed by atoms with E-state index in [2.05, 4.69) is 43.0 Å². The molecule has 3 heteroatoms. The predicted molar refractivity (Wildman–Crippen MR) is 80.8 cm³/mol. The molecule has 1 fully saturated rings. The summed E-state index contributed by atoms with van der Waals surface area (Å²) in [4.78, 5) is 13.2. The molecular weight excluding hydrogens is 250 g/mol. The Morgan fingerprint density at radius 2 is 1.95 bits per heavy atom. The van der Waals surface area contributed by atoms with Gasteiger partial charge in [0, 0.05) is 18.6 Å². The summed E-state index contributed by atoms with van der Waals surface area (Å²) in [6.45, 7) is 5.01. The van der Waals surface area contributed by atoms with Crippen LogP contribution in [-0.4, -0.2) is 28.6 Å². The maximum Gasteiger partial charge on any atom is 0.304 e. The summed E-state index contributed by atoms with van der Waals surface area (Å²) >= 11 is 0. The molecule has 3 nitrogen and oxygen atoms in total. The van der Waals surface area contributed by atoms with Crippen molar-refractivity contribution in [1.82, 2.24) is 4.90 Å². The lowest BCUT2D eigenvalue weighted by atomic mass is 10.00. The van der Waals surface area contributed by atoms with Crippen LogP contribution in [0.4, 0.5) is 0 Å². The summed E-state index contributed by atoms with van der Waals surface area (Å²) in [5.41, 5.74) is 2.68. The number of aryl methyl sites for hydroxylation is 1. The van der Waals surface area contributed by atoms with Gasteiger partial charge in [-0.25, -0.2) is 0 Å². The van der Waals surface area contributed by atoms with Crippen LogP contribution in [0.25, 0.3) is 0 Å². The Morgan fingerprint density at radius 3 is 2.40 bits per heavy atom. The number of carboxylic acid groups (broad SMARTS) is 1. The number of aliphatic carboxylic acids is 1. The topological polar surface area (TPSA) is 40.5 Å². The molecule has 2 rings (SSSR count). The molecule has 1 N–H and O–H groups in total. The lowest BCUT2D eigenvalue weighted by molar-refractivity contribution is -0.137. The van der Waals surface area contributed by atoms with Crippen LogP contribution in [0.3, 0.4) is 0 Å². The van der Waals surface area contributed by atoms with Gasteiger partial charge in [0.05, 0.1) is 6.42 Å². The van der Waals surface area contributed by atoms with Crippen molar-refractivity contribution < 1.29 is 9.90 Å². The molecule has 0 heterocycles. The molecule has 1 aliphatic carbocycles. The van der Waals surface area contributed by atoms with Crippen LogP contribution >= 0.6 is 0 Å². The molecule has 0 amide bonds. The fourth-order valence-corrected chi connectivity index (χ4v) is 2.86. The van der Waals surface area contributed by atoms with Gasteiger partial charge in [-0.1, -0.05) is 38.1 Å². The molecule has 0 spiro atoms. The molecule has 20 heavy (non-hydrogen) atoms. The first-order valence-corrected chi connectivity index (χ1v) is 7.72. The number of hydrogen-bond acceptors (Lipinski definition) is 2. The first-order valence-electron chi connectivity index (χ1n) is 7.72. The first-order chi connectivity index (χ1) is 9.65. The Bertz CT molecular complexity index is 437. The molecule has 0 saturated heterocycles. The van der Waals surface area contributed by atoms with E-state index in [4.69, 9.17) is 5.11 Å². The summed E-state index contributed by atoms with van der Waals surface area (Å²) in [6.07, 6.45) is 4.75. The molecule has 1 aromatic carbocycles. The third-order valence-corrected chi connectivity index (χ3v) is 4.16. The number of benzene rings is 1. The van der Waals surface area contributed by atoms with Crippen LogP contribution in [0.2, 0.25) is 0 Å². The van der Waals surface area contributed by atoms with E-state index in [-0.39, 0.29) is 6.42 Å². The highest BCUT2D eigenvalue weighted by Gasteiger charge is 2.33. The fraction of sp³-hybridized carbons (Fsp3) is 0.588. The van der Waals surface area contributed by atoms with Crippen LogP contribution in [-0.2, 0) is 11.2 Å². The predicted octanol–water partition coefficient (Wildman–Crippen LogP) is 3.64. The number of carboxylic acids is 1. The van der Waals surface area contributed by atoms with E-state index in [0.717, 1.165) is 12.8 Å². The van der Waals surface area contributed by atoms with Gasteiger partial charge < -0.3 is 5.11 Å². The van der Waals surface area contributed by atoms with Crippen LogP contribution in [0.5, 0.6) is 0 Å². The minimum atomic E-state index is -0.702. The summed E-state index contributed by atoms with van der Waals surface area (Å²) < 4.78 is 0. The van der Waals surface area contributed by atoms with Gasteiger partial charge in [-0.3, -0.25) is 9.69 Å². The minimum absolute atomic E-state index is 0.236. The van der Waals surface area contributed by atoms with Gasteiger partial charge in [-0.05, 0) is 36.8 Å². The number of rotatable bonds is 8. The van der Waals surface area contributed by atoms with Crippen molar-refractivity contribution >= 4 is 5.97 Å². The van der Waals surface area contributed by atoms with E-state index in [9.17, 15) is 4.79 Å². The number of hydrogen-bond donors (Lipinski definition) is 1. The van der Waals surface area contributed by atoms with E-state index in [1.807, 2.05) is 0 Å². The molecule has 1 aromatic rings. The van der Waals surface area contributed by atoms with Crippen molar-refractivity contribution in [2.75, 3.05) is 6.54 Å². The average Bonchev–Trinajstić information content (AvgIpc) is 3.28. The van der Waals surface area contributed by atoms with Crippen LogP contribution in [0.15, 0.2) is 24.3 Å². The van der Waals surface area contributed by atoms with Gasteiger partial charge in [0.25, 0.3) is 0 Å². The zero-order chi connectivity index (χ0) is 14.5. The van der Waals surface area contributed by atoms with Gasteiger partial charge in [0.2, 0.25) is 0 Å². The van der Waals surface area contributed by atoms with E-state index in [1.54, 1.807) is 0 Å². The molecule has 0 bridgehead atoms. The summed E-state index contributed by atoms with van der Waals surface area (Å²) in [7, 11) is 0. The normalized spacial score (nSPS) is 16.4. The smallest absolute Gasteiger partial charge is 0.304 e. The highest BCUT2D eigenvalue weighted by Crippen LogP contribution is 2.36.